The summed E-state index contributed by atoms with van der Waals surface area (Å²) in [5.41, 5.74) is 1.39. The first-order valence-electron chi connectivity index (χ1n) is 4.03. The van der Waals surface area contributed by atoms with Crippen molar-refractivity contribution in [3.63, 3.8) is 0 Å². The van der Waals surface area contributed by atoms with E-state index in [0.717, 1.165) is 0 Å². The molecule has 5 nitrogen and oxygen atoms in total. The molecular formula is C9H5BrN4O. The van der Waals surface area contributed by atoms with E-state index in [1.807, 2.05) is 6.07 Å². The molecule has 0 saturated carbocycles. The molecule has 2 aromatic rings. The number of halogens is 1. The van der Waals surface area contributed by atoms with Crippen molar-refractivity contribution < 1.29 is 4.74 Å². The van der Waals surface area contributed by atoms with Gasteiger partial charge in [0.1, 0.15) is 17.1 Å². The van der Waals surface area contributed by atoms with Gasteiger partial charge in [0.05, 0.1) is 11.6 Å². The second-order valence-electron chi connectivity index (χ2n) is 2.70. The average molecular weight is 265 g/mol. The van der Waals surface area contributed by atoms with Gasteiger partial charge in [-0.15, -0.1) is 10.2 Å². The molecule has 0 N–H and O–H groups in total. The molecule has 0 atom stereocenters. The number of methoxy groups -OCH3 is 1. The molecule has 0 aromatic carbocycles. The summed E-state index contributed by atoms with van der Waals surface area (Å²) < 4.78 is 5.52. The zero-order valence-electron chi connectivity index (χ0n) is 7.73. The number of nitrogens with zero attached hydrogens (tertiary/aromatic N) is 4. The van der Waals surface area contributed by atoms with Gasteiger partial charge in [-0.25, -0.2) is 4.98 Å². The highest BCUT2D eigenvalue weighted by molar-refractivity contribution is 9.10. The van der Waals surface area contributed by atoms with Crippen LogP contribution < -0.4 is 4.74 Å². The summed E-state index contributed by atoms with van der Waals surface area (Å²) in [6.45, 7) is 0. The summed E-state index contributed by atoms with van der Waals surface area (Å²) in [7, 11) is 1.53. The van der Waals surface area contributed by atoms with Crippen molar-refractivity contribution in [3.8, 4) is 11.9 Å². The lowest BCUT2D eigenvalue weighted by Gasteiger charge is -2.02. The van der Waals surface area contributed by atoms with E-state index in [1.165, 1.54) is 7.11 Å². The number of rotatable bonds is 1. The molecule has 0 saturated heterocycles. The molecule has 0 aliphatic carbocycles. The fraction of sp³-hybridized carbons (Fsp3) is 0.111. The molecule has 6 heteroatoms. The lowest BCUT2D eigenvalue weighted by Crippen LogP contribution is -1.95. The second kappa shape index (κ2) is 3.79. The van der Waals surface area contributed by atoms with Crippen molar-refractivity contribution >= 4 is 27.0 Å². The van der Waals surface area contributed by atoms with Crippen LogP contribution in [0, 0.1) is 11.3 Å². The van der Waals surface area contributed by atoms with Crippen LogP contribution in [0.1, 0.15) is 5.69 Å². The van der Waals surface area contributed by atoms with Crippen LogP contribution in [0.2, 0.25) is 0 Å². The number of fused-ring (bicyclic) bond motifs is 1. The largest absolute Gasteiger partial charge is 0.481 e. The Kier molecular flexibility index (Phi) is 2.47. The standard InChI is InChI=1S/C9H5BrN4O/c1-15-7-3-2-5-9(12-7)8(10)6(4-11)14-13-5/h2-3H,1H3. The summed E-state index contributed by atoms with van der Waals surface area (Å²) in [5, 5.41) is 16.4. The van der Waals surface area contributed by atoms with Gasteiger partial charge in [-0.1, -0.05) is 0 Å². The number of hydrogen-bond acceptors (Lipinski definition) is 5. The fourth-order valence-electron chi connectivity index (χ4n) is 1.12. The van der Waals surface area contributed by atoms with E-state index < -0.39 is 0 Å². The summed E-state index contributed by atoms with van der Waals surface area (Å²) in [6.07, 6.45) is 0. The topological polar surface area (TPSA) is 71.7 Å². The lowest BCUT2D eigenvalue weighted by atomic mass is 10.3. The average Bonchev–Trinajstić information content (AvgIpc) is 2.29. The van der Waals surface area contributed by atoms with E-state index in [0.29, 0.717) is 21.4 Å². The van der Waals surface area contributed by atoms with E-state index >= 15 is 0 Å². The Bertz CT molecular complexity index is 564. The van der Waals surface area contributed by atoms with Gasteiger partial charge >= 0.3 is 0 Å². The van der Waals surface area contributed by atoms with Crippen LogP contribution in [0.15, 0.2) is 16.6 Å². The van der Waals surface area contributed by atoms with E-state index in [2.05, 4.69) is 31.1 Å². The van der Waals surface area contributed by atoms with Crippen LogP contribution in [0.4, 0.5) is 0 Å². The molecule has 74 valence electrons. The molecule has 0 fully saturated rings. The van der Waals surface area contributed by atoms with Gasteiger partial charge in [-0.3, -0.25) is 0 Å². The van der Waals surface area contributed by atoms with Gasteiger partial charge in [0, 0.05) is 6.07 Å². The second-order valence-corrected chi connectivity index (χ2v) is 3.49. The third-order valence-corrected chi connectivity index (χ3v) is 2.59. The van der Waals surface area contributed by atoms with E-state index in [1.54, 1.807) is 12.1 Å². The molecule has 0 aliphatic heterocycles. The maximum atomic E-state index is 8.76. The van der Waals surface area contributed by atoms with Gasteiger partial charge in [0.2, 0.25) is 5.88 Å². The Morgan fingerprint density at radius 3 is 2.87 bits per heavy atom. The molecule has 2 heterocycles. The zero-order chi connectivity index (χ0) is 10.8. The van der Waals surface area contributed by atoms with Crippen LogP contribution in [-0.2, 0) is 0 Å². The number of hydrogen-bond donors (Lipinski definition) is 0. The summed E-state index contributed by atoms with van der Waals surface area (Å²) in [5.74, 6) is 0.472. The minimum Gasteiger partial charge on any atom is -0.481 e. The van der Waals surface area contributed by atoms with E-state index in [-0.39, 0.29) is 5.69 Å². The number of pyridine rings is 1. The Balaban J connectivity index is 2.79. The van der Waals surface area contributed by atoms with E-state index in [9.17, 15) is 0 Å². The first-order chi connectivity index (χ1) is 7.26. The summed E-state index contributed by atoms with van der Waals surface area (Å²) >= 11 is 3.26. The molecule has 0 spiro atoms. The smallest absolute Gasteiger partial charge is 0.213 e. The Morgan fingerprint density at radius 2 is 2.20 bits per heavy atom. The van der Waals surface area contributed by atoms with Gasteiger partial charge < -0.3 is 4.74 Å². The molecule has 2 aromatic heterocycles. The van der Waals surface area contributed by atoms with Crippen LogP contribution in [0.3, 0.4) is 0 Å². The number of nitriles is 1. The van der Waals surface area contributed by atoms with Crippen molar-refractivity contribution in [2.75, 3.05) is 7.11 Å². The molecule has 0 aliphatic rings. The molecule has 0 radical (unpaired) electrons. The molecule has 0 amide bonds. The minimum absolute atomic E-state index is 0.211. The zero-order valence-corrected chi connectivity index (χ0v) is 9.32. The maximum Gasteiger partial charge on any atom is 0.213 e. The predicted molar refractivity (Wildman–Crippen MR) is 56.3 cm³/mol. The minimum atomic E-state index is 0.211. The Morgan fingerprint density at radius 1 is 1.40 bits per heavy atom. The summed E-state index contributed by atoms with van der Waals surface area (Å²) in [4.78, 5) is 4.18. The van der Waals surface area contributed by atoms with E-state index in [4.69, 9.17) is 10.00 Å². The first kappa shape index (κ1) is 9.80. The number of aromatic nitrogens is 3. The third kappa shape index (κ3) is 1.62. The first-order valence-corrected chi connectivity index (χ1v) is 4.82. The van der Waals surface area contributed by atoms with Crippen LogP contribution in [-0.4, -0.2) is 22.3 Å². The SMILES string of the molecule is COc1ccc2nnc(C#N)c(Br)c2n1. The van der Waals surface area contributed by atoms with Crippen LogP contribution in [0.5, 0.6) is 5.88 Å². The Hall–Kier alpha value is -1.74. The van der Waals surface area contributed by atoms with Gasteiger partial charge in [0.15, 0.2) is 5.69 Å². The highest BCUT2D eigenvalue weighted by Gasteiger charge is 2.09. The maximum absolute atomic E-state index is 8.76. The molecule has 15 heavy (non-hydrogen) atoms. The molecule has 0 bridgehead atoms. The lowest BCUT2D eigenvalue weighted by molar-refractivity contribution is 0.399. The monoisotopic (exact) mass is 264 g/mol. The van der Waals surface area contributed by atoms with Gasteiger partial charge in [-0.2, -0.15) is 5.26 Å². The Labute approximate surface area is 93.8 Å². The van der Waals surface area contributed by atoms with Crippen molar-refractivity contribution in [1.29, 1.82) is 5.26 Å². The quantitative estimate of drug-likeness (QED) is 0.784. The van der Waals surface area contributed by atoms with Gasteiger partial charge in [-0.05, 0) is 22.0 Å². The van der Waals surface area contributed by atoms with Crippen molar-refractivity contribution in [2.45, 2.75) is 0 Å². The van der Waals surface area contributed by atoms with Crippen LogP contribution >= 0.6 is 15.9 Å². The fourth-order valence-corrected chi connectivity index (χ4v) is 1.58. The molecular weight excluding hydrogens is 260 g/mol. The molecule has 2 rings (SSSR count). The third-order valence-electron chi connectivity index (χ3n) is 1.84. The van der Waals surface area contributed by atoms with Crippen molar-refractivity contribution in [2.24, 2.45) is 0 Å². The van der Waals surface area contributed by atoms with Crippen molar-refractivity contribution in [1.82, 2.24) is 15.2 Å². The summed E-state index contributed by atoms with van der Waals surface area (Å²) in [6, 6.07) is 5.35. The van der Waals surface area contributed by atoms with Crippen molar-refractivity contribution in [3.05, 3.63) is 22.3 Å². The number of ether oxygens (including phenoxy) is 1. The predicted octanol–water partition coefficient (Wildman–Crippen LogP) is 1.67. The normalized spacial score (nSPS) is 9.93. The highest BCUT2D eigenvalue weighted by atomic mass is 79.9. The molecule has 0 unspecified atom stereocenters. The highest BCUT2D eigenvalue weighted by Crippen LogP contribution is 2.24. The van der Waals surface area contributed by atoms with Gasteiger partial charge in [0.25, 0.3) is 0 Å². The van der Waals surface area contributed by atoms with Crippen LogP contribution in [0.25, 0.3) is 11.0 Å².